The molecule has 25 heavy (non-hydrogen) atoms. The molecule has 2 aromatic heterocycles. The van der Waals surface area contributed by atoms with Crippen LogP contribution in [0.15, 0.2) is 54.9 Å². The van der Waals surface area contributed by atoms with Crippen LogP contribution in [-0.2, 0) is 16.1 Å². The van der Waals surface area contributed by atoms with Gasteiger partial charge in [-0.25, -0.2) is 4.98 Å². The highest BCUT2D eigenvalue weighted by atomic mass is 16.5. The van der Waals surface area contributed by atoms with E-state index in [0.29, 0.717) is 24.7 Å². The van der Waals surface area contributed by atoms with Gasteiger partial charge in [0, 0.05) is 30.8 Å². The van der Waals surface area contributed by atoms with E-state index in [1.165, 1.54) is 0 Å². The Hall–Kier alpha value is -2.86. The molecule has 1 amide bonds. The fourth-order valence-electron chi connectivity index (χ4n) is 2.88. The van der Waals surface area contributed by atoms with Gasteiger partial charge in [0.1, 0.15) is 24.1 Å². The molecule has 1 aromatic carbocycles. The fraction of sp³-hybridized carbons (Fsp3) is 0.263. The van der Waals surface area contributed by atoms with Gasteiger partial charge in [-0.3, -0.25) is 4.79 Å². The van der Waals surface area contributed by atoms with Gasteiger partial charge in [0.15, 0.2) is 0 Å². The number of amides is 1. The molecule has 0 aliphatic carbocycles. The van der Waals surface area contributed by atoms with Crippen molar-refractivity contribution in [1.82, 2.24) is 9.38 Å². The number of aromatic nitrogens is 2. The molecule has 128 valence electrons. The lowest BCUT2D eigenvalue weighted by Gasteiger charge is -2.11. The van der Waals surface area contributed by atoms with Crippen molar-refractivity contribution < 1.29 is 14.3 Å². The third-order valence-electron chi connectivity index (χ3n) is 4.12. The van der Waals surface area contributed by atoms with Crippen molar-refractivity contribution >= 4 is 17.2 Å². The summed E-state index contributed by atoms with van der Waals surface area (Å²) in [6, 6.07) is 13.2. The van der Waals surface area contributed by atoms with Crippen LogP contribution in [0.2, 0.25) is 0 Å². The van der Waals surface area contributed by atoms with E-state index in [2.05, 4.69) is 10.3 Å². The summed E-state index contributed by atoms with van der Waals surface area (Å²) in [5.41, 5.74) is 2.44. The predicted octanol–water partition coefficient (Wildman–Crippen LogP) is 3.03. The summed E-state index contributed by atoms with van der Waals surface area (Å²) in [5, 5.41) is 2.88. The summed E-state index contributed by atoms with van der Waals surface area (Å²) in [5.74, 6) is 0.581. The molecule has 3 heterocycles. The third-order valence-corrected chi connectivity index (χ3v) is 4.12. The number of benzene rings is 1. The number of carbonyl (C=O) groups excluding carboxylic acids is 1. The Kier molecular flexibility index (Phi) is 4.35. The van der Waals surface area contributed by atoms with E-state index in [0.717, 1.165) is 24.2 Å². The van der Waals surface area contributed by atoms with E-state index >= 15 is 0 Å². The summed E-state index contributed by atoms with van der Waals surface area (Å²) in [6.45, 7) is 1.02. The monoisotopic (exact) mass is 337 g/mol. The highest BCUT2D eigenvalue weighted by Gasteiger charge is 2.23. The molecule has 1 unspecified atom stereocenters. The molecule has 0 spiro atoms. The quantitative estimate of drug-likeness (QED) is 0.777. The molecule has 1 aliphatic rings. The topological polar surface area (TPSA) is 64.9 Å². The number of pyridine rings is 1. The number of nitrogens with one attached hydrogen (secondary N) is 1. The maximum absolute atomic E-state index is 12.1. The third kappa shape index (κ3) is 3.64. The molecule has 3 aromatic rings. The summed E-state index contributed by atoms with van der Waals surface area (Å²) in [4.78, 5) is 16.6. The van der Waals surface area contributed by atoms with Gasteiger partial charge < -0.3 is 19.2 Å². The van der Waals surface area contributed by atoms with Gasteiger partial charge in [-0.2, -0.15) is 0 Å². The normalized spacial score (nSPS) is 16.9. The van der Waals surface area contributed by atoms with Gasteiger partial charge in [0.05, 0.1) is 5.69 Å². The van der Waals surface area contributed by atoms with Crippen LogP contribution in [-0.4, -0.2) is 28.0 Å². The van der Waals surface area contributed by atoms with Crippen molar-refractivity contribution in [3.8, 4) is 5.75 Å². The second kappa shape index (κ2) is 6.94. The van der Waals surface area contributed by atoms with Gasteiger partial charge in [0.2, 0.25) is 0 Å². The van der Waals surface area contributed by atoms with Gasteiger partial charge in [-0.1, -0.05) is 12.1 Å². The summed E-state index contributed by atoms with van der Waals surface area (Å²) in [6.07, 6.45) is 5.25. The second-order valence-corrected chi connectivity index (χ2v) is 6.01. The minimum atomic E-state index is -0.345. The number of hydrogen-bond donors (Lipinski definition) is 1. The zero-order valence-corrected chi connectivity index (χ0v) is 13.7. The van der Waals surface area contributed by atoms with Crippen LogP contribution in [0.4, 0.5) is 5.69 Å². The first-order valence-electron chi connectivity index (χ1n) is 8.36. The van der Waals surface area contributed by atoms with Crippen molar-refractivity contribution in [2.75, 3.05) is 11.9 Å². The smallest absolute Gasteiger partial charge is 0.253 e. The number of fused-ring (bicyclic) bond motifs is 1. The first kappa shape index (κ1) is 15.7. The second-order valence-electron chi connectivity index (χ2n) is 6.01. The number of imidazole rings is 1. The average molecular weight is 337 g/mol. The number of carbonyl (C=O) groups is 1. The van der Waals surface area contributed by atoms with Crippen molar-refractivity contribution in [1.29, 1.82) is 0 Å². The van der Waals surface area contributed by atoms with Crippen LogP contribution >= 0.6 is 0 Å². The van der Waals surface area contributed by atoms with Crippen LogP contribution in [0.1, 0.15) is 18.5 Å². The molecular formula is C19H19N3O3. The van der Waals surface area contributed by atoms with Crippen LogP contribution in [0, 0.1) is 0 Å². The molecule has 6 nitrogen and oxygen atoms in total. The van der Waals surface area contributed by atoms with Gasteiger partial charge in [0.25, 0.3) is 5.91 Å². The van der Waals surface area contributed by atoms with E-state index < -0.39 is 0 Å². The highest BCUT2D eigenvalue weighted by Crippen LogP contribution is 2.20. The Balaban J connectivity index is 1.39. The highest BCUT2D eigenvalue weighted by molar-refractivity contribution is 5.94. The number of ether oxygens (including phenoxy) is 2. The lowest BCUT2D eigenvalue weighted by Crippen LogP contribution is -2.26. The molecule has 4 rings (SSSR count). The van der Waals surface area contributed by atoms with Gasteiger partial charge >= 0.3 is 0 Å². The lowest BCUT2D eigenvalue weighted by atomic mass is 10.2. The fourth-order valence-corrected chi connectivity index (χ4v) is 2.88. The molecule has 0 radical (unpaired) electrons. The van der Waals surface area contributed by atoms with Crippen molar-refractivity contribution in [2.45, 2.75) is 25.6 Å². The van der Waals surface area contributed by atoms with Crippen molar-refractivity contribution in [2.24, 2.45) is 0 Å². The number of nitrogens with zero attached hydrogens (tertiary/aromatic N) is 2. The molecule has 1 atom stereocenters. The Morgan fingerprint density at radius 2 is 2.28 bits per heavy atom. The van der Waals surface area contributed by atoms with E-state index in [1.54, 1.807) is 0 Å². The number of anilines is 1. The van der Waals surface area contributed by atoms with E-state index in [1.807, 2.05) is 59.3 Å². The minimum absolute atomic E-state index is 0.102. The molecule has 0 bridgehead atoms. The Morgan fingerprint density at radius 3 is 3.12 bits per heavy atom. The standard InChI is InChI=1S/C19H19N3O3/c23-19(17-7-4-10-24-17)21-14-5-3-6-16(11-14)25-13-15-12-22-9-2-1-8-18(22)20-15/h1-3,5-6,8-9,11-12,17H,4,7,10,13H2,(H,21,23). The molecule has 1 saturated heterocycles. The van der Waals surface area contributed by atoms with Crippen molar-refractivity contribution in [3.63, 3.8) is 0 Å². The van der Waals surface area contributed by atoms with Crippen molar-refractivity contribution in [3.05, 3.63) is 60.6 Å². The summed E-state index contributed by atoms with van der Waals surface area (Å²) in [7, 11) is 0. The largest absolute Gasteiger partial charge is 0.487 e. The van der Waals surface area contributed by atoms with Crippen LogP contribution in [0.25, 0.3) is 5.65 Å². The summed E-state index contributed by atoms with van der Waals surface area (Å²) >= 11 is 0. The molecule has 1 N–H and O–H groups in total. The van der Waals surface area contributed by atoms with Crippen LogP contribution in [0.5, 0.6) is 5.75 Å². The molecular weight excluding hydrogens is 318 g/mol. The molecule has 1 fully saturated rings. The Morgan fingerprint density at radius 1 is 1.32 bits per heavy atom. The SMILES string of the molecule is O=C(Nc1cccc(OCc2cn3ccccc3n2)c1)C1CCCO1. The Bertz CT molecular complexity index is 851. The van der Waals surface area contributed by atoms with E-state index in [4.69, 9.17) is 9.47 Å². The zero-order chi connectivity index (χ0) is 17.1. The predicted molar refractivity (Wildman–Crippen MR) is 93.6 cm³/mol. The van der Waals surface area contributed by atoms with Crippen LogP contribution in [0.3, 0.4) is 0 Å². The molecule has 1 aliphatic heterocycles. The molecule has 6 heteroatoms. The number of rotatable bonds is 5. The molecule has 0 saturated carbocycles. The lowest BCUT2D eigenvalue weighted by molar-refractivity contribution is -0.124. The van der Waals surface area contributed by atoms with E-state index in [9.17, 15) is 4.79 Å². The first-order valence-corrected chi connectivity index (χ1v) is 8.36. The van der Waals surface area contributed by atoms with Gasteiger partial charge in [-0.15, -0.1) is 0 Å². The Labute approximate surface area is 145 Å². The summed E-state index contributed by atoms with van der Waals surface area (Å²) < 4.78 is 13.2. The minimum Gasteiger partial charge on any atom is -0.487 e. The van der Waals surface area contributed by atoms with Gasteiger partial charge in [-0.05, 0) is 37.1 Å². The maximum Gasteiger partial charge on any atom is 0.253 e. The average Bonchev–Trinajstić information content (AvgIpc) is 3.29. The van der Waals surface area contributed by atoms with E-state index in [-0.39, 0.29) is 12.0 Å². The number of hydrogen-bond acceptors (Lipinski definition) is 4. The van der Waals surface area contributed by atoms with Crippen LogP contribution < -0.4 is 10.1 Å². The maximum atomic E-state index is 12.1. The first-order chi connectivity index (χ1) is 12.3. The zero-order valence-electron chi connectivity index (χ0n) is 13.7.